The van der Waals surface area contributed by atoms with Crippen LogP contribution in [-0.4, -0.2) is 35.0 Å². The number of nitrogens with zero attached hydrogens (tertiary/aromatic N) is 1. The van der Waals surface area contributed by atoms with Crippen LogP contribution >= 0.6 is 0 Å². The SMILES string of the molecule is CCC(C(=O)O)C1CCC(=O)N1C. The number of likely N-dealkylation sites (tertiary alicyclic amines) is 1. The van der Waals surface area contributed by atoms with Crippen molar-refractivity contribution in [1.82, 2.24) is 4.90 Å². The largest absolute Gasteiger partial charge is 0.481 e. The zero-order valence-electron chi connectivity index (χ0n) is 7.99. The van der Waals surface area contributed by atoms with Crippen LogP contribution in [0.4, 0.5) is 0 Å². The van der Waals surface area contributed by atoms with Crippen LogP contribution in [0.25, 0.3) is 0 Å². The van der Waals surface area contributed by atoms with Gasteiger partial charge in [0.05, 0.1) is 5.92 Å². The van der Waals surface area contributed by atoms with Crippen LogP contribution in [0.15, 0.2) is 0 Å². The Morgan fingerprint density at radius 1 is 1.77 bits per heavy atom. The first-order valence-electron chi connectivity index (χ1n) is 4.56. The molecule has 1 saturated heterocycles. The van der Waals surface area contributed by atoms with Gasteiger partial charge in [-0.15, -0.1) is 0 Å². The summed E-state index contributed by atoms with van der Waals surface area (Å²) in [6, 6.07) is -0.102. The number of rotatable bonds is 3. The molecule has 0 aromatic heterocycles. The number of hydrogen-bond acceptors (Lipinski definition) is 2. The van der Waals surface area contributed by atoms with E-state index in [9.17, 15) is 9.59 Å². The Bertz CT molecular complexity index is 227. The minimum atomic E-state index is -0.797. The van der Waals surface area contributed by atoms with Crippen molar-refractivity contribution in [2.45, 2.75) is 32.2 Å². The molecule has 1 aliphatic heterocycles. The number of carboxylic acids is 1. The quantitative estimate of drug-likeness (QED) is 0.704. The predicted octanol–water partition coefficient (Wildman–Crippen LogP) is 0.718. The van der Waals surface area contributed by atoms with E-state index < -0.39 is 11.9 Å². The van der Waals surface area contributed by atoms with Gasteiger partial charge in [0.1, 0.15) is 0 Å². The Balaban J connectivity index is 2.70. The van der Waals surface area contributed by atoms with Gasteiger partial charge in [-0.2, -0.15) is 0 Å². The summed E-state index contributed by atoms with van der Waals surface area (Å²) in [4.78, 5) is 23.6. The molecular weight excluding hydrogens is 170 g/mol. The van der Waals surface area contributed by atoms with Gasteiger partial charge in [0, 0.05) is 19.5 Å². The van der Waals surface area contributed by atoms with Crippen molar-refractivity contribution in [3.05, 3.63) is 0 Å². The molecule has 4 nitrogen and oxygen atoms in total. The van der Waals surface area contributed by atoms with Crippen molar-refractivity contribution in [2.24, 2.45) is 5.92 Å². The van der Waals surface area contributed by atoms with Gasteiger partial charge in [-0.1, -0.05) is 6.92 Å². The second-order valence-electron chi connectivity index (χ2n) is 3.46. The fourth-order valence-electron chi connectivity index (χ4n) is 1.91. The molecule has 0 aromatic carbocycles. The van der Waals surface area contributed by atoms with E-state index in [0.717, 1.165) is 0 Å². The highest BCUT2D eigenvalue weighted by Crippen LogP contribution is 2.25. The Morgan fingerprint density at radius 3 is 2.69 bits per heavy atom. The van der Waals surface area contributed by atoms with Crippen molar-refractivity contribution in [3.63, 3.8) is 0 Å². The van der Waals surface area contributed by atoms with Crippen LogP contribution in [0.1, 0.15) is 26.2 Å². The highest BCUT2D eigenvalue weighted by atomic mass is 16.4. The minimum Gasteiger partial charge on any atom is -0.481 e. The molecule has 1 heterocycles. The Hall–Kier alpha value is -1.06. The zero-order chi connectivity index (χ0) is 10.0. The lowest BCUT2D eigenvalue weighted by Gasteiger charge is -2.25. The van der Waals surface area contributed by atoms with Crippen molar-refractivity contribution in [1.29, 1.82) is 0 Å². The summed E-state index contributed by atoms with van der Waals surface area (Å²) in [6.07, 6.45) is 1.75. The van der Waals surface area contributed by atoms with Gasteiger partial charge in [0.25, 0.3) is 0 Å². The molecule has 74 valence electrons. The first-order chi connectivity index (χ1) is 6.07. The fourth-order valence-corrected chi connectivity index (χ4v) is 1.91. The van der Waals surface area contributed by atoms with E-state index in [2.05, 4.69) is 0 Å². The molecule has 13 heavy (non-hydrogen) atoms. The van der Waals surface area contributed by atoms with E-state index in [-0.39, 0.29) is 11.9 Å². The maximum atomic E-state index is 11.2. The van der Waals surface area contributed by atoms with Gasteiger partial charge >= 0.3 is 5.97 Å². The first kappa shape index (κ1) is 10.0. The molecule has 2 unspecified atom stereocenters. The highest BCUT2D eigenvalue weighted by Gasteiger charge is 2.36. The van der Waals surface area contributed by atoms with Crippen molar-refractivity contribution < 1.29 is 14.7 Å². The average Bonchev–Trinajstić information content (AvgIpc) is 2.37. The number of carbonyl (C=O) groups is 2. The van der Waals surface area contributed by atoms with Crippen LogP contribution in [0, 0.1) is 5.92 Å². The lowest BCUT2D eigenvalue weighted by Crippen LogP contribution is -2.38. The third-order valence-corrected chi connectivity index (χ3v) is 2.77. The topological polar surface area (TPSA) is 57.6 Å². The van der Waals surface area contributed by atoms with E-state index >= 15 is 0 Å². The van der Waals surface area contributed by atoms with Crippen molar-refractivity contribution >= 4 is 11.9 Å². The molecule has 0 aromatic rings. The molecule has 1 amide bonds. The normalized spacial score (nSPS) is 24.9. The molecule has 0 saturated carbocycles. The Labute approximate surface area is 77.5 Å². The average molecular weight is 185 g/mol. The van der Waals surface area contributed by atoms with E-state index in [1.54, 1.807) is 11.9 Å². The summed E-state index contributed by atoms with van der Waals surface area (Å²) in [7, 11) is 1.69. The molecular formula is C9H15NO3. The van der Waals surface area contributed by atoms with E-state index in [4.69, 9.17) is 5.11 Å². The third kappa shape index (κ3) is 1.82. The maximum absolute atomic E-state index is 11.2. The molecule has 1 aliphatic rings. The molecule has 1 N–H and O–H groups in total. The summed E-state index contributed by atoms with van der Waals surface area (Å²) in [5, 5.41) is 8.90. The first-order valence-corrected chi connectivity index (χ1v) is 4.56. The second kappa shape index (κ2) is 3.77. The molecule has 0 aliphatic carbocycles. The monoisotopic (exact) mass is 185 g/mol. The van der Waals surface area contributed by atoms with Gasteiger partial charge in [-0.25, -0.2) is 0 Å². The van der Waals surface area contributed by atoms with Crippen LogP contribution in [0.2, 0.25) is 0 Å². The molecule has 0 radical (unpaired) electrons. The Morgan fingerprint density at radius 2 is 2.38 bits per heavy atom. The van der Waals surface area contributed by atoms with Crippen LogP contribution in [-0.2, 0) is 9.59 Å². The van der Waals surface area contributed by atoms with E-state index in [0.29, 0.717) is 19.3 Å². The number of amides is 1. The van der Waals surface area contributed by atoms with Crippen molar-refractivity contribution in [2.75, 3.05) is 7.05 Å². The van der Waals surface area contributed by atoms with E-state index in [1.807, 2.05) is 6.92 Å². The predicted molar refractivity (Wildman–Crippen MR) is 47.2 cm³/mol. The smallest absolute Gasteiger partial charge is 0.308 e. The van der Waals surface area contributed by atoms with Gasteiger partial charge in [0.2, 0.25) is 5.91 Å². The van der Waals surface area contributed by atoms with Gasteiger partial charge in [-0.05, 0) is 12.8 Å². The number of hydrogen-bond donors (Lipinski definition) is 1. The highest BCUT2D eigenvalue weighted by molar-refractivity contribution is 5.80. The van der Waals surface area contributed by atoms with Crippen molar-refractivity contribution in [3.8, 4) is 0 Å². The lowest BCUT2D eigenvalue weighted by molar-refractivity contribution is -0.144. The second-order valence-corrected chi connectivity index (χ2v) is 3.46. The molecule has 1 fully saturated rings. The number of carboxylic acid groups (broad SMARTS) is 1. The summed E-state index contributed by atoms with van der Waals surface area (Å²) in [6.45, 7) is 1.84. The molecule has 0 bridgehead atoms. The van der Waals surface area contributed by atoms with E-state index in [1.165, 1.54) is 0 Å². The van der Waals surface area contributed by atoms with Crippen LogP contribution in [0.5, 0.6) is 0 Å². The van der Waals surface area contributed by atoms with Gasteiger partial charge in [0.15, 0.2) is 0 Å². The van der Waals surface area contributed by atoms with Crippen LogP contribution in [0.3, 0.4) is 0 Å². The molecule has 4 heteroatoms. The fraction of sp³-hybridized carbons (Fsp3) is 0.778. The minimum absolute atomic E-state index is 0.0599. The number of aliphatic carboxylic acids is 1. The third-order valence-electron chi connectivity index (χ3n) is 2.77. The Kier molecular flexibility index (Phi) is 2.90. The summed E-state index contributed by atoms with van der Waals surface area (Å²) < 4.78 is 0. The molecule has 2 atom stereocenters. The number of carbonyl (C=O) groups excluding carboxylic acids is 1. The standard InChI is InChI=1S/C9H15NO3/c1-3-6(9(12)13)7-4-5-8(11)10(7)2/h6-7H,3-5H2,1-2H3,(H,12,13). The molecule has 1 rings (SSSR count). The maximum Gasteiger partial charge on any atom is 0.308 e. The summed E-state index contributed by atoms with van der Waals surface area (Å²) in [5.41, 5.74) is 0. The van der Waals surface area contributed by atoms with Crippen LogP contribution < -0.4 is 0 Å². The lowest BCUT2D eigenvalue weighted by atomic mass is 9.95. The van der Waals surface area contributed by atoms with Gasteiger partial charge in [-0.3, -0.25) is 9.59 Å². The summed E-state index contributed by atoms with van der Waals surface area (Å²) >= 11 is 0. The summed E-state index contributed by atoms with van der Waals surface area (Å²) in [5.74, 6) is -1.14. The zero-order valence-corrected chi connectivity index (χ0v) is 7.99. The van der Waals surface area contributed by atoms with Gasteiger partial charge < -0.3 is 10.0 Å². The molecule has 0 spiro atoms.